The Morgan fingerprint density at radius 3 is 1.87 bits per heavy atom. The van der Waals surface area contributed by atoms with E-state index in [1.165, 1.54) is 6.92 Å². The third-order valence-electron chi connectivity index (χ3n) is 8.19. The summed E-state index contributed by atoms with van der Waals surface area (Å²) in [4.78, 5) is 76.4. The van der Waals surface area contributed by atoms with Gasteiger partial charge >= 0.3 is 18.0 Å². The van der Waals surface area contributed by atoms with Gasteiger partial charge in [-0.2, -0.15) is 0 Å². The molecule has 3 atom stereocenters. The van der Waals surface area contributed by atoms with Crippen LogP contribution in [-0.4, -0.2) is 78.0 Å². The van der Waals surface area contributed by atoms with E-state index in [0.717, 1.165) is 5.56 Å². The van der Waals surface area contributed by atoms with Crippen molar-refractivity contribution >= 4 is 35.6 Å². The lowest BCUT2D eigenvalue weighted by molar-refractivity contribution is -0.158. The molecule has 0 aliphatic heterocycles. The molecule has 0 aliphatic rings. The van der Waals surface area contributed by atoms with Gasteiger partial charge in [-0.3, -0.25) is 19.2 Å². The van der Waals surface area contributed by atoms with E-state index in [1.54, 1.807) is 65.8 Å². The predicted molar refractivity (Wildman–Crippen MR) is 211 cm³/mol. The second kappa shape index (κ2) is 21.2. The third kappa shape index (κ3) is 19.3. The van der Waals surface area contributed by atoms with Gasteiger partial charge in [0.05, 0.1) is 0 Å². The van der Waals surface area contributed by atoms with Crippen LogP contribution in [0.2, 0.25) is 0 Å². The highest BCUT2D eigenvalue weighted by molar-refractivity contribution is 5.94. The molecule has 0 aromatic heterocycles. The first-order chi connectivity index (χ1) is 25.5. The Morgan fingerprint density at radius 1 is 0.691 bits per heavy atom. The van der Waals surface area contributed by atoms with E-state index in [1.807, 2.05) is 51.1 Å². The number of carbonyl (C=O) groups excluding carboxylic acids is 6. The molecule has 2 rings (SSSR count). The third-order valence-corrected chi connectivity index (χ3v) is 8.19. The molecular weight excluding hydrogens is 704 g/mol. The number of ether oxygens (including phenoxy) is 3. The fourth-order valence-electron chi connectivity index (χ4n) is 5.39. The molecular formula is C42H62N4O9. The predicted octanol–water partition coefficient (Wildman–Crippen LogP) is 5.83. The van der Waals surface area contributed by atoms with Crippen LogP contribution in [0.25, 0.3) is 0 Å². The summed E-state index contributed by atoms with van der Waals surface area (Å²) in [7, 11) is 0. The number of carbonyl (C=O) groups is 6. The van der Waals surface area contributed by atoms with Crippen LogP contribution in [0.5, 0.6) is 5.75 Å². The second-order valence-corrected chi connectivity index (χ2v) is 16.7. The largest absolute Gasteiger partial charge is 0.484 e. The average molecular weight is 767 g/mol. The van der Waals surface area contributed by atoms with Crippen molar-refractivity contribution in [3.8, 4) is 5.75 Å². The van der Waals surface area contributed by atoms with Crippen molar-refractivity contribution in [3.63, 3.8) is 0 Å². The molecule has 55 heavy (non-hydrogen) atoms. The standard InChI is InChI=1S/C42H62N4O9/c1-28(47)30-19-21-31(22-20-30)53-27-35(48)44-33(26-29-16-12-11-13-17-29)37(50)43-25-15-14-18-34(40(2,3)4)46-39(52)45-32(38(51)55-42(8,9)10)23-24-36(49)54-41(5,6)7/h11-13,16-17,19-22,32-34H,14-15,18,23-27H2,1-10H3,(H,43,50)(H,44,48)(H2,45,46,52)/t32-,33-,34-/m0/s1. The van der Waals surface area contributed by atoms with Gasteiger partial charge in [0, 0.05) is 31.0 Å². The number of hydrogen-bond acceptors (Lipinski definition) is 9. The summed E-state index contributed by atoms with van der Waals surface area (Å²) in [5.74, 6) is -1.60. The highest BCUT2D eigenvalue weighted by Gasteiger charge is 2.31. The van der Waals surface area contributed by atoms with Gasteiger partial charge in [0.2, 0.25) is 5.91 Å². The molecule has 13 heteroatoms. The first-order valence-electron chi connectivity index (χ1n) is 18.9. The maximum absolute atomic E-state index is 13.3. The average Bonchev–Trinajstić information content (AvgIpc) is 3.06. The van der Waals surface area contributed by atoms with Crippen molar-refractivity contribution in [1.29, 1.82) is 0 Å². The van der Waals surface area contributed by atoms with Crippen molar-refractivity contribution < 1.29 is 43.0 Å². The molecule has 0 saturated heterocycles. The number of esters is 2. The normalized spacial score (nSPS) is 13.3. The summed E-state index contributed by atoms with van der Waals surface area (Å²) >= 11 is 0. The summed E-state index contributed by atoms with van der Waals surface area (Å²) in [6.07, 6.45) is 2.03. The minimum atomic E-state index is -1.07. The van der Waals surface area contributed by atoms with E-state index in [0.29, 0.717) is 37.1 Å². The molecule has 0 aliphatic carbocycles. The van der Waals surface area contributed by atoms with Crippen molar-refractivity contribution in [2.24, 2.45) is 5.41 Å². The first kappa shape index (κ1) is 46.2. The van der Waals surface area contributed by atoms with Crippen LogP contribution in [0.1, 0.15) is 117 Å². The maximum Gasteiger partial charge on any atom is 0.329 e. The number of rotatable bonds is 19. The van der Waals surface area contributed by atoms with Crippen LogP contribution in [0.4, 0.5) is 4.79 Å². The summed E-state index contributed by atoms with van der Waals surface area (Å²) in [5.41, 5.74) is -0.421. The summed E-state index contributed by atoms with van der Waals surface area (Å²) in [6.45, 7) is 17.9. The number of ketones is 1. The van der Waals surface area contributed by atoms with Crippen molar-refractivity contribution in [3.05, 3.63) is 65.7 Å². The Hall–Kier alpha value is -4.94. The molecule has 0 radical (unpaired) electrons. The summed E-state index contributed by atoms with van der Waals surface area (Å²) < 4.78 is 16.5. The Labute approximate surface area is 326 Å². The van der Waals surface area contributed by atoms with E-state index < -0.39 is 47.2 Å². The Bertz CT molecular complexity index is 1570. The highest BCUT2D eigenvalue weighted by Crippen LogP contribution is 2.24. The van der Waals surface area contributed by atoms with E-state index in [-0.39, 0.29) is 49.0 Å². The number of unbranched alkanes of at least 4 members (excludes halogenated alkanes) is 1. The topological polar surface area (TPSA) is 178 Å². The van der Waals surface area contributed by atoms with Crippen LogP contribution in [0.3, 0.4) is 0 Å². The van der Waals surface area contributed by atoms with Gasteiger partial charge in [0.25, 0.3) is 5.91 Å². The lowest BCUT2D eigenvalue weighted by Crippen LogP contribution is -2.53. The molecule has 4 N–H and O–H groups in total. The van der Waals surface area contributed by atoms with Crippen LogP contribution in [0, 0.1) is 5.41 Å². The Balaban J connectivity index is 1.97. The van der Waals surface area contributed by atoms with Crippen molar-refractivity contribution in [2.75, 3.05) is 13.2 Å². The Morgan fingerprint density at radius 2 is 1.31 bits per heavy atom. The van der Waals surface area contributed by atoms with E-state index in [2.05, 4.69) is 21.3 Å². The lowest BCUT2D eigenvalue weighted by atomic mass is 9.84. The molecule has 0 heterocycles. The quantitative estimate of drug-likeness (QED) is 0.0779. The maximum atomic E-state index is 13.3. The fourth-order valence-corrected chi connectivity index (χ4v) is 5.39. The lowest BCUT2D eigenvalue weighted by Gasteiger charge is -2.32. The van der Waals surface area contributed by atoms with Crippen LogP contribution in [-0.2, 0) is 35.1 Å². The van der Waals surface area contributed by atoms with E-state index in [9.17, 15) is 28.8 Å². The van der Waals surface area contributed by atoms with Crippen LogP contribution < -0.4 is 26.0 Å². The fraction of sp³-hybridized carbons (Fsp3) is 0.571. The molecule has 2 aromatic rings. The zero-order valence-corrected chi connectivity index (χ0v) is 34.3. The number of Topliss-reactive ketones (excluding diaryl/α,β-unsaturated/α-hetero) is 1. The number of benzene rings is 2. The summed E-state index contributed by atoms with van der Waals surface area (Å²) in [5, 5.41) is 11.4. The molecule has 2 aromatic carbocycles. The minimum Gasteiger partial charge on any atom is -0.484 e. The monoisotopic (exact) mass is 766 g/mol. The highest BCUT2D eigenvalue weighted by atomic mass is 16.6. The molecule has 0 unspecified atom stereocenters. The van der Waals surface area contributed by atoms with E-state index >= 15 is 0 Å². The van der Waals surface area contributed by atoms with Gasteiger partial charge in [-0.05, 0) is 109 Å². The zero-order chi connectivity index (χ0) is 41.4. The van der Waals surface area contributed by atoms with Gasteiger partial charge in [0.1, 0.15) is 29.0 Å². The molecule has 304 valence electrons. The molecule has 0 bridgehead atoms. The Kier molecular flexibility index (Phi) is 17.8. The van der Waals surface area contributed by atoms with Gasteiger partial charge in [0.15, 0.2) is 12.4 Å². The smallest absolute Gasteiger partial charge is 0.329 e. The molecule has 0 fully saturated rings. The van der Waals surface area contributed by atoms with Crippen LogP contribution >= 0.6 is 0 Å². The number of urea groups is 1. The van der Waals surface area contributed by atoms with Gasteiger partial charge in [-0.15, -0.1) is 0 Å². The molecule has 13 nitrogen and oxygen atoms in total. The minimum absolute atomic E-state index is 0.00584. The first-order valence-corrected chi connectivity index (χ1v) is 18.9. The zero-order valence-electron chi connectivity index (χ0n) is 34.3. The van der Waals surface area contributed by atoms with Gasteiger partial charge < -0.3 is 35.5 Å². The molecule has 0 spiro atoms. The van der Waals surface area contributed by atoms with E-state index in [4.69, 9.17) is 14.2 Å². The molecule has 4 amide bonds. The number of nitrogens with one attached hydrogen (secondary N) is 4. The van der Waals surface area contributed by atoms with Gasteiger partial charge in [-0.1, -0.05) is 51.1 Å². The second-order valence-electron chi connectivity index (χ2n) is 16.7. The molecule has 0 saturated carbocycles. The number of amides is 4. The van der Waals surface area contributed by atoms with Crippen LogP contribution in [0.15, 0.2) is 54.6 Å². The number of hydrogen-bond donors (Lipinski definition) is 4. The summed E-state index contributed by atoms with van der Waals surface area (Å²) in [6, 6.07) is 13.0. The van der Waals surface area contributed by atoms with Crippen molar-refractivity contribution in [1.82, 2.24) is 21.3 Å². The van der Waals surface area contributed by atoms with Gasteiger partial charge in [-0.25, -0.2) is 9.59 Å². The SMILES string of the molecule is CC(=O)c1ccc(OCC(=O)N[C@@H](Cc2ccccc2)C(=O)NCCCC[C@H](NC(=O)N[C@@H](CCC(=O)OC(C)(C)C)C(=O)OC(C)(C)C)C(C)(C)C)cc1. The van der Waals surface area contributed by atoms with Crippen molar-refractivity contribution in [2.45, 2.75) is 137 Å².